The van der Waals surface area contributed by atoms with Gasteiger partial charge in [0.2, 0.25) is 5.91 Å². The molecule has 1 aromatic heterocycles. The summed E-state index contributed by atoms with van der Waals surface area (Å²) in [6.45, 7) is 7.05. The van der Waals surface area contributed by atoms with Crippen LogP contribution in [-0.4, -0.2) is 58.2 Å². The average molecular weight is 484 g/mol. The summed E-state index contributed by atoms with van der Waals surface area (Å²) in [5.74, 6) is -0.129. The Morgan fingerprint density at radius 3 is 2.59 bits per heavy atom. The number of aromatic nitrogens is 1. The Bertz CT molecular complexity index is 1100. The first-order valence-electron chi connectivity index (χ1n) is 11.6. The molecule has 8 nitrogen and oxygen atoms in total. The van der Waals surface area contributed by atoms with Crippen LogP contribution in [0.25, 0.3) is 0 Å². The van der Waals surface area contributed by atoms with Crippen LogP contribution in [0.15, 0.2) is 30.5 Å². The third-order valence-corrected chi connectivity index (χ3v) is 6.81. The van der Waals surface area contributed by atoms with Gasteiger partial charge >= 0.3 is 0 Å². The van der Waals surface area contributed by atoms with Gasteiger partial charge in [0.1, 0.15) is 5.69 Å². The minimum absolute atomic E-state index is 0.0985. The summed E-state index contributed by atoms with van der Waals surface area (Å²) in [7, 11) is 0. The molecule has 180 valence electrons. The van der Waals surface area contributed by atoms with E-state index in [1.54, 1.807) is 6.07 Å². The van der Waals surface area contributed by atoms with E-state index in [1.807, 2.05) is 17.9 Å². The molecule has 1 saturated heterocycles. The quantitative estimate of drug-likeness (QED) is 0.628. The number of nitrogens with zero attached hydrogens (tertiary/aromatic N) is 3. The number of benzene rings is 1. The topological polar surface area (TPSA) is 109 Å². The Hall–Kier alpha value is -2.97. The molecule has 1 saturated carbocycles. The minimum Gasteiger partial charge on any atom is -0.364 e. The maximum Gasteiger partial charge on any atom is 0.267 e. The second-order valence-corrected chi connectivity index (χ2v) is 9.74. The summed E-state index contributed by atoms with van der Waals surface area (Å²) < 4.78 is 0. The number of anilines is 1. The van der Waals surface area contributed by atoms with E-state index < -0.39 is 5.91 Å². The molecule has 3 amide bonds. The number of nitrogens with one attached hydrogen (secondary N) is 1. The molecule has 2 aromatic rings. The van der Waals surface area contributed by atoms with Crippen LogP contribution < -0.4 is 11.1 Å². The summed E-state index contributed by atoms with van der Waals surface area (Å²) in [5, 5.41) is 3.43. The molecule has 0 bridgehead atoms. The normalized spacial score (nSPS) is 18.6. The molecule has 2 aliphatic rings. The fourth-order valence-corrected chi connectivity index (χ4v) is 4.61. The van der Waals surface area contributed by atoms with Crippen molar-refractivity contribution in [1.29, 1.82) is 0 Å². The van der Waals surface area contributed by atoms with Gasteiger partial charge in [0.25, 0.3) is 11.8 Å². The van der Waals surface area contributed by atoms with Crippen molar-refractivity contribution in [3.05, 3.63) is 57.9 Å². The summed E-state index contributed by atoms with van der Waals surface area (Å²) in [5.41, 5.74) is 8.19. The van der Waals surface area contributed by atoms with Gasteiger partial charge in [0.05, 0.1) is 5.56 Å². The molecule has 1 aromatic carbocycles. The monoisotopic (exact) mass is 483 g/mol. The van der Waals surface area contributed by atoms with Crippen LogP contribution in [-0.2, 0) is 11.3 Å². The molecule has 1 unspecified atom stereocenters. The smallest absolute Gasteiger partial charge is 0.267 e. The number of hydrogen-bond donors (Lipinski definition) is 2. The maximum atomic E-state index is 12.7. The molecule has 2 fully saturated rings. The largest absolute Gasteiger partial charge is 0.364 e. The fourth-order valence-electron chi connectivity index (χ4n) is 4.37. The van der Waals surface area contributed by atoms with Gasteiger partial charge in [-0.25, -0.2) is 0 Å². The van der Waals surface area contributed by atoms with Gasteiger partial charge in [-0.05, 0) is 68.0 Å². The predicted octanol–water partition coefficient (Wildman–Crippen LogP) is 3.23. The van der Waals surface area contributed by atoms with Crippen LogP contribution in [0.5, 0.6) is 0 Å². The van der Waals surface area contributed by atoms with E-state index >= 15 is 0 Å². The van der Waals surface area contributed by atoms with Gasteiger partial charge in [-0.3, -0.25) is 24.3 Å². The molecule has 0 radical (unpaired) electrons. The van der Waals surface area contributed by atoms with Crippen molar-refractivity contribution in [1.82, 2.24) is 14.8 Å². The Labute approximate surface area is 204 Å². The minimum atomic E-state index is -0.648. The third kappa shape index (κ3) is 5.74. The van der Waals surface area contributed by atoms with E-state index in [0.29, 0.717) is 35.2 Å². The van der Waals surface area contributed by atoms with Gasteiger partial charge in [0.15, 0.2) is 0 Å². The molecule has 9 heteroatoms. The molecule has 1 atom stereocenters. The molecular formula is C25H30ClN5O3. The van der Waals surface area contributed by atoms with Crippen molar-refractivity contribution >= 4 is 35.0 Å². The number of nitrogens with two attached hydrogens (primary N) is 1. The Morgan fingerprint density at radius 2 is 1.97 bits per heavy atom. The number of hydrogen-bond acceptors (Lipinski definition) is 5. The zero-order valence-electron chi connectivity index (χ0n) is 19.5. The molecule has 2 heterocycles. The zero-order chi connectivity index (χ0) is 24.4. The van der Waals surface area contributed by atoms with Gasteiger partial charge in [-0.15, -0.1) is 0 Å². The number of amides is 3. The van der Waals surface area contributed by atoms with Gasteiger partial charge in [-0.2, -0.15) is 0 Å². The van der Waals surface area contributed by atoms with Crippen molar-refractivity contribution < 1.29 is 14.4 Å². The number of piperazine rings is 1. The second kappa shape index (κ2) is 10.1. The number of halogens is 1. The number of carbonyl (C=O) groups is 3. The molecule has 1 aliphatic carbocycles. The zero-order valence-corrected chi connectivity index (χ0v) is 20.3. The highest BCUT2D eigenvalue weighted by atomic mass is 35.5. The molecule has 4 rings (SSSR count). The molecule has 34 heavy (non-hydrogen) atoms. The van der Waals surface area contributed by atoms with Crippen molar-refractivity contribution in [2.24, 2.45) is 11.7 Å². The average Bonchev–Trinajstić information content (AvgIpc) is 3.61. The second-order valence-electron chi connectivity index (χ2n) is 9.31. The number of pyridine rings is 1. The van der Waals surface area contributed by atoms with Crippen LogP contribution in [0.4, 0.5) is 5.69 Å². The van der Waals surface area contributed by atoms with Crippen molar-refractivity contribution in [2.45, 2.75) is 45.7 Å². The summed E-state index contributed by atoms with van der Waals surface area (Å²) in [4.78, 5) is 44.7. The van der Waals surface area contributed by atoms with Gasteiger partial charge in [-0.1, -0.05) is 11.6 Å². The standard InChI is InChI=1S/C25H30ClN5O3/c1-15-13-30(7-8-31(15)23(32)9-17-3-4-17)14-19-10-20(26)11-22(16(19)2)29-25(34)18-5-6-21(24(27)33)28-12-18/h5-6,10-12,15,17H,3-4,7-9,13-14H2,1-2H3,(H2,27,33)(H,29,34). The van der Waals surface area contributed by atoms with Crippen LogP contribution >= 0.6 is 11.6 Å². The molecule has 0 spiro atoms. The lowest BCUT2D eigenvalue weighted by Crippen LogP contribution is -2.53. The third-order valence-electron chi connectivity index (χ3n) is 6.59. The van der Waals surface area contributed by atoms with E-state index in [2.05, 4.69) is 22.1 Å². The molecule has 3 N–H and O–H groups in total. The Kier molecular flexibility index (Phi) is 7.19. The lowest BCUT2D eigenvalue weighted by atomic mass is 10.0. The van der Waals surface area contributed by atoms with Crippen LogP contribution in [0.3, 0.4) is 0 Å². The summed E-state index contributed by atoms with van der Waals surface area (Å²) >= 11 is 6.39. The van der Waals surface area contributed by atoms with Crippen molar-refractivity contribution in [3.63, 3.8) is 0 Å². The number of primary amides is 1. The summed E-state index contributed by atoms with van der Waals surface area (Å²) in [6.07, 6.45) is 4.37. The summed E-state index contributed by atoms with van der Waals surface area (Å²) in [6, 6.07) is 6.73. The predicted molar refractivity (Wildman–Crippen MR) is 131 cm³/mol. The lowest BCUT2D eigenvalue weighted by molar-refractivity contribution is -0.136. The Balaban J connectivity index is 1.41. The first-order valence-corrected chi connectivity index (χ1v) is 12.0. The highest BCUT2D eigenvalue weighted by molar-refractivity contribution is 6.31. The van der Waals surface area contributed by atoms with Crippen molar-refractivity contribution in [2.75, 3.05) is 25.0 Å². The van der Waals surface area contributed by atoms with Gasteiger partial charge < -0.3 is 16.0 Å². The fraction of sp³-hybridized carbons (Fsp3) is 0.440. The first-order chi connectivity index (χ1) is 16.2. The number of carbonyl (C=O) groups excluding carboxylic acids is 3. The van der Waals surface area contributed by atoms with E-state index in [4.69, 9.17) is 17.3 Å². The van der Waals surface area contributed by atoms with E-state index in [0.717, 1.165) is 30.8 Å². The van der Waals surface area contributed by atoms with E-state index in [9.17, 15) is 14.4 Å². The lowest BCUT2D eigenvalue weighted by Gasteiger charge is -2.40. The Morgan fingerprint density at radius 1 is 1.21 bits per heavy atom. The SMILES string of the molecule is Cc1c(CN2CCN(C(=O)CC3CC3)C(C)C2)cc(Cl)cc1NC(=O)c1ccc(C(N)=O)nc1. The molecule has 1 aliphatic heterocycles. The van der Waals surface area contributed by atoms with Crippen LogP contribution in [0.2, 0.25) is 5.02 Å². The van der Waals surface area contributed by atoms with E-state index in [-0.39, 0.29) is 23.6 Å². The van der Waals surface area contributed by atoms with Crippen molar-refractivity contribution in [3.8, 4) is 0 Å². The number of rotatable bonds is 7. The van der Waals surface area contributed by atoms with E-state index in [1.165, 1.54) is 31.2 Å². The van der Waals surface area contributed by atoms with Crippen LogP contribution in [0.1, 0.15) is 58.2 Å². The highest BCUT2D eigenvalue weighted by Crippen LogP contribution is 2.33. The first kappa shape index (κ1) is 24.2. The van der Waals surface area contributed by atoms with Crippen LogP contribution in [0, 0.1) is 12.8 Å². The molecular weight excluding hydrogens is 454 g/mol. The maximum absolute atomic E-state index is 12.7. The van der Waals surface area contributed by atoms with Gasteiger partial charge in [0, 0.05) is 55.5 Å². The highest BCUT2D eigenvalue weighted by Gasteiger charge is 2.32.